The Morgan fingerprint density at radius 3 is 2.08 bits per heavy atom. The topological polar surface area (TPSA) is 108 Å². The molecule has 1 aliphatic heterocycles. The monoisotopic (exact) mass is 730 g/mol. The Bertz CT molecular complexity index is 1520. The molecule has 1 aliphatic rings. The van der Waals surface area contributed by atoms with E-state index in [1.165, 1.54) is 0 Å². The molecule has 0 aliphatic carbocycles. The van der Waals surface area contributed by atoms with Crippen molar-refractivity contribution in [2.75, 3.05) is 57.6 Å². The van der Waals surface area contributed by atoms with Crippen LogP contribution in [0.3, 0.4) is 0 Å². The summed E-state index contributed by atoms with van der Waals surface area (Å²) in [6, 6.07) is 14.6. The quantitative estimate of drug-likeness (QED) is 0.0580. The summed E-state index contributed by atoms with van der Waals surface area (Å²) >= 11 is 0. The van der Waals surface area contributed by atoms with Crippen LogP contribution in [-0.2, 0) is 23.7 Å². The van der Waals surface area contributed by atoms with Crippen LogP contribution in [0.25, 0.3) is 4.85 Å². The molecule has 1 fully saturated rings. The van der Waals surface area contributed by atoms with E-state index >= 15 is 0 Å². The van der Waals surface area contributed by atoms with Crippen molar-refractivity contribution in [1.29, 1.82) is 0 Å². The summed E-state index contributed by atoms with van der Waals surface area (Å²) in [5.74, 6) is 0.169. The van der Waals surface area contributed by atoms with Crippen molar-refractivity contribution in [2.24, 2.45) is 15.6 Å². The van der Waals surface area contributed by atoms with Gasteiger partial charge in [0.05, 0.1) is 28.6 Å². The SMILES string of the molecule is [3H]CC1(COP(OCC[N+]#[C-])N(C(C)C)C(C)C)CCN(C(=O)CCCCCCS(=O)(=O)c2ccc(N=Nc3ccc(N(C)C)cc3)cc2)CC1. The van der Waals surface area contributed by atoms with Crippen molar-refractivity contribution < 1.29 is 23.6 Å². The summed E-state index contributed by atoms with van der Waals surface area (Å²) in [7, 11) is -0.845. The molecule has 0 N–H and O–H groups in total. The van der Waals surface area contributed by atoms with Gasteiger partial charge in [-0.25, -0.2) is 19.7 Å². The Morgan fingerprint density at radius 1 is 0.960 bits per heavy atom. The molecule has 1 atom stereocenters. The van der Waals surface area contributed by atoms with Crippen LogP contribution in [0, 0.1) is 12.0 Å². The first kappa shape index (κ1) is 39.8. The van der Waals surface area contributed by atoms with Crippen molar-refractivity contribution in [2.45, 2.75) is 96.5 Å². The third kappa shape index (κ3) is 13.3. The maximum absolute atomic E-state index is 13.0. The van der Waals surface area contributed by atoms with Crippen LogP contribution >= 0.6 is 8.53 Å². The molecule has 1 amide bonds. The Labute approximate surface area is 303 Å². The van der Waals surface area contributed by atoms with Gasteiger partial charge in [-0.15, -0.1) is 0 Å². The van der Waals surface area contributed by atoms with E-state index in [-0.39, 0.29) is 47.5 Å². The third-order valence-corrected chi connectivity index (χ3v) is 12.6. The summed E-state index contributed by atoms with van der Waals surface area (Å²) in [4.78, 5) is 20.6. The van der Waals surface area contributed by atoms with Crippen LogP contribution in [0.1, 0.15) is 80.9 Å². The summed E-state index contributed by atoms with van der Waals surface area (Å²) in [5, 5.41) is 8.47. The first-order valence-corrected chi connectivity index (χ1v) is 20.4. The smallest absolute Gasteiger partial charge is 0.259 e. The molecule has 0 saturated carbocycles. The molecule has 3 rings (SSSR count). The van der Waals surface area contributed by atoms with Gasteiger partial charge in [0.25, 0.3) is 8.53 Å². The molecule has 13 heteroatoms. The molecule has 50 heavy (non-hydrogen) atoms. The number of benzene rings is 2. The van der Waals surface area contributed by atoms with E-state index in [4.69, 9.17) is 17.0 Å². The minimum Gasteiger partial charge on any atom is -0.378 e. The number of rotatable bonds is 20. The molecule has 1 unspecified atom stereocenters. The second-order valence-corrected chi connectivity index (χ2v) is 17.3. The third-order valence-electron chi connectivity index (χ3n) is 8.71. The minimum absolute atomic E-state index is 0.0579. The van der Waals surface area contributed by atoms with Crippen LogP contribution < -0.4 is 4.90 Å². The molecule has 0 bridgehead atoms. The second-order valence-electron chi connectivity index (χ2n) is 13.8. The summed E-state index contributed by atoms with van der Waals surface area (Å²) in [6.07, 6.45) is 4.60. The molecule has 0 spiro atoms. The number of likely N-dealkylation sites (tertiary alicyclic amines) is 1. The van der Waals surface area contributed by atoms with Crippen LogP contribution in [0.2, 0.25) is 0 Å². The highest BCUT2D eigenvalue weighted by Crippen LogP contribution is 2.48. The van der Waals surface area contributed by atoms with Crippen molar-refractivity contribution in [3.63, 3.8) is 0 Å². The average molecular weight is 731 g/mol. The van der Waals surface area contributed by atoms with Gasteiger partial charge in [0.2, 0.25) is 12.5 Å². The number of hydrogen-bond acceptors (Lipinski definition) is 9. The lowest BCUT2D eigenvalue weighted by atomic mass is 9.81. The Kier molecular flexibility index (Phi) is 16.1. The standard InChI is InChI=1S/C37H57N6O5PS/c1-30(2)43(31(3)4)49(47-27-24-38-6)48-29-37(5)22-25-42(26-23-37)36(44)13-11-9-10-12-28-50(45,46)35-20-16-33(17-21-35)40-39-32-14-18-34(19-15-32)41(7)8/h14-21,30-31H,9-13,22-29H2,1-5,7-8H3/i5T. The van der Waals surface area contributed by atoms with E-state index in [0.29, 0.717) is 69.8 Å². The summed E-state index contributed by atoms with van der Waals surface area (Å²) < 4.78 is 48.8. The number of carbonyl (C=O) groups excluding carboxylic acids is 1. The average Bonchev–Trinajstić information content (AvgIpc) is 3.11. The molecule has 2 aromatic rings. The van der Waals surface area contributed by atoms with E-state index in [1.54, 1.807) is 24.3 Å². The number of carbonyl (C=O) groups is 1. The maximum atomic E-state index is 13.0. The molecule has 1 saturated heterocycles. The molecule has 0 radical (unpaired) electrons. The molecular weight excluding hydrogens is 671 g/mol. The van der Waals surface area contributed by atoms with Gasteiger partial charge in [-0.2, -0.15) is 10.2 Å². The first-order chi connectivity index (χ1) is 24.3. The van der Waals surface area contributed by atoms with Crippen LogP contribution in [0.4, 0.5) is 17.1 Å². The van der Waals surface area contributed by atoms with Crippen molar-refractivity contribution >= 4 is 41.3 Å². The van der Waals surface area contributed by atoms with Gasteiger partial charge in [0.1, 0.15) is 6.61 Å². The van der Waals surface area contributed by atoms with E-state index in [2.05, 4.69) is 47.4 Å². The lowest BCUT2D eigenvalue weighted by Gasteiger charge is -2.41. The fourth-order valence-electron chi connectivity index (χ4n) is 5.73. The lowest BCUT2D eigenvalue weighted by Crippen LogP contribution is -2.44. The van der Waals surface area contributed by atoms with Gasteiger partial charge >= 0.3 is 0 Å². The van der Waals surface area contributed by atoms with E-state index < -0.39 is 18.4 Å². The highest BCUT2D eigenvalue weighted by atomic mass is 32.2. The minimum atomic E-state index is -3.42. The van der Waals surface area contributed by atoms with Gasteiger partial charge in [0.15, 0.2) is 9.84 Å². The number of azo groups is 1. The number of unbranched alkanes of at least 4 members (excludes halogenated alkanes) is 3. The zero-order chi connectivity index (χ0) is 37.4. The highest BCUT2D eigenvalue weighted by Gasteiger charge is 2.35. The number of hydrogen-bond donors (Lipinski definition) is 0. The van der Waals surface area contributed by atoms with E-state index in [9.17, 15) is 13.2 Å². The number of piperidine rings is 1. The fourth-order valence-corrected chi connectivity index (χ4v) is 8.81. The molecule has 276 valence electrons. The van der Waals surface area contributed by atoms with Gasteiger partial charge in [0, 0.05) is 52.7 Å². The molecule has 11 nitrogen and oxygen atoms in total. The second kappa shape index (κ2) is 20.2. The summed E-state index contributed by atoms with van der Waals surface area (Å²) in [6.45, 7) is 17.9. The van der Waals surface area contributed by atoms with Gasteiger partial charge < -0.3 is 23.7 Å². The number of anilines is 1. The predicted octanol–water partition coefficient (Wildman–Crippen LogP) is 8.82. The number of amides is 1. The molecule has 0 aromatic heterocycles. The lowest BCUT2D eigenvalue weighted by molar-refractivity contribution is -0.133. The van der Waals surface area contributed by atoms with E-state index in [1.807, 2.05) is 48.2 Å². The zero-order valence-corrected chi connectivity index (χ0v) is 32.5. The van der Waals surface area contributed by atoms with Crippen LogP contribution in [0.5, 0.6) is 0 Å². The van der Waals surface area contributed by atoms with E-state index in [0.717, 1.165) is 18.5 Å². The maximum Gasteiger partial charge on any atom is 0.259 e. The van der Waals surface area contributed by atoms with Crippen molar-refractivity contribution in [3.05, 3.63) is 59.9 Å². The van der Waals surface area contributed by atoms with Gasteiger partial charge in [-0.05, 0) is 107 Å². The molecule has 2 aromatic carbocycles. The predicted molar refractivity (Wildman–Crippen MR) is 203 cm³/mol. The Hall–Kier alpha value is -2.94. The van der Waals surface area contributed by atoms with Crippen molar-refractivity contribution in [1.82, 2.24) is 9.57 Å². The number of nitrogens with zero attached hydrogens (tertiary/aromatic N) is 6. The molecule has 1 heterocycles. The number of sulfone groups is 1. The van der Waals surface area contributed by atoms with Crippen LogP contribution in [0.15, 0.2) is 63.7 Å². The summed E-state index contributed by atoms with van der Waals surface area (Å²) in [5.41, 5.74) is 2.02. The van der Waals surface area contributed by atoms with Gasteiger partial charge in [-0.3, -0.25) is 4.79 Å². The Balaban J connectivity index is 1.38. The Morgan fingerprint density at radius 2 is 1.54 bits per heavy atom. The highest BCUT2D eigenvalue weighted by molar-refractivity contribution is 7.91. The molecular formula is C37H57N6O5PS. The van der Waals surface area contributed by atoms with Crippen molar-refractivity contribution in [3.8, 4) is 0 Å². The zero-order valence-electron chi connectivity index (χ0n) is 31.8. The fraction of sp³-hybridized carbons (Fsp3) is 0.622. The van der Waals surface area contributed by atoms with Crippen LogP contribution in [-0.4, -0.2) is 88.7 Å². The first-order valence-electron chi connectivity index (χ1n) is 18.3. The van der Waals surface area contributed by atoms with Gasteiger partial charge in [-0.1, -0.05) is 19.7 Å². The normalized spacial score (nSPS) is 15.8. The largest absolute Gasteiger partial charge is 0.378 e.